The summed E-state index contributed by atoms with van der Waals surface area (Å²) in [7, 11) is 0. The van der Waals surface area contributed by atoms with Crippen LogP contribution in [0, 0.1) is 0 Å². The number of nitrogens with one attached hydrogen (secondary N) is 1. The van der Waals surface area contributed by atoms with Gasteiger partial charge in [-0.05, 0) is 17.7 Å². The Kier molecular flexibility index (Phi) is 4.16. The maximum Gasteiger partial charge on any atom is 0.106 e. The Morgan fingerprint density at radius 2 is 1.80 bits per heavy atom. The molecule has 1 unspecified atom stereocenters. The molecular weight excluding hydrogens is 266 g/mol. The van der Waals surface area contributed by atoms with Crippen LogP contribution < -0.4 is 5.32 Å². The lowest BCUT2D eigenvalue weighted by Crippen LogP contribution is -2.22. The van der Waals surface area contributed by atoms with E-state index in [1.165, 1.54) is 5.56 Å². The van der Waals surface area contributed by atoms with Gasteiger partial charge in [-0.2, -0.15) is 0 Å². The van der Waals surface area contributed by atoms with Crippen molar-refractivity contribution in [2.75, 3.05) is 0 Å². The molecule has 20 heavy (non-hydrogen) atoms. The fraction of sp³-hybridized carbons (Fsp3) is 0.125. The van der Waals surface area contributed by atoms with E-state index in [0.29, 0.717) is 0 Å². The number of rotatable bonds is 5. The normalized spacial score (nSPS) is 12.2. The van der Waals surface area contributed by atoms with Crippen molar-refractivity contribution < 1.29 is 0 Å². The molecule has 0 saturated carbocycles. The second-order valence-corrected chi connectivity index (χ2v) is 5.38. The van der Waals surface area contributed by atoms with Crippen molar-refractivity contribution in [1.82, 2.24) is 15.3 Å². The average Bonchev–Trinajstić information content (AvgIpc) is 3.03. The van der Waals surface area contributed by atoms with E-state index in [1.807, 2.05) is 42.0 Å². The molecule has 3 nitrogen and oxygen atoms in total. The Labute approximate surface area is 122 Å². The predicted octanol–water partition coefficient (Wildman–Crippen LogP) is 3.42. The summed E-state index contributed by atoms with van der Waals surface area (Å²) < 4.78 is 0. The largest absolute Gasteiger partial charge is 0.298 e. The summed E-state index contributed by atoms with van der Waals surface area (Å²) in [5.41, 5.74) is 2.23. The summed E-state index contributed by atoms with van der Waals surface area (Å²) in [6.45, 7) is 0.744. The van der Waals surface area contributed by atoms with Gasteiger partial charge in [-0.25, -0.2) is 4.98 Å². The number of pyridine rings is 1. The van der Waals surface area contributed by atoms with E-state index >= 15 is 0 Å². The van der Waals surface area contributed by atoms with E-state index in [2.05, 4.69) is 39.6 Å². The lowest BCUT2D eigenvalue weighted by Gasteiger charge is -2.18. The maximum absolute atomic E-state index is 4.48. The Hall–Kier alpha value is -2.04. The maximum atomic E-state index is 4.48. The van der Waals surface area contributed by atoms with E-state index in [4.69, 9.17) is 0 Å². The molecule has 2 heterocycles. The monoisotopic (exact) mass is 281 g/mol. The number of thiazole rings is 1. The van der Waals surface area contributed by atoms with Gasteiger partial charge in [0.1, 0.15) is 5.01 Å². The third kappa shape index (κ3) is 3.10. The molecule has 0 radical (unpaired) electrons. The topological polar surface area (TPSA) is 37.8 Å². The molecule has 1 aromatic carbocycles. The quantitative estimate of drug-likeness (QED) is 0.778. The van der Waals surface area contributed by atoms with Gasteiger partial charge in [0, 0.05) is 24.3 Å². The third-order valence-electron chi connectivity index (χ3n) is 3.06. The highest BCUT2D eigenvalue weighted by molar-refractivity contribution is 7.09. The Morgan fingerprint density at radius 1 is 0.950 bits per heavy atom. The first-order valence-corrected chi connectivity index (χ1v) is 7.39. The first-order chi connectivity index (χ1) is 9.93. The van der Waals surface area contributed by atoms with Crippen LogP contribution in [0.25, 0.3) is 0 Å². The van der Waals surface area contributed by atoms with Gasteiger partial charge >= 0.3 is 0 Å². The molecule has 100 valence electrons. The molecule has 0 amide bonds. The van der Waals surface area contributed by atoms with Crippen molar-refractivity contribution in [3.05, 3.63) is 82.6 Å². The van der Waals surface area contributed by atoms with Crippen LogP contribution in [0.2, 0.25) is 0 Å². The van der Waals surface area contributed by atoms with Crippen molar-refractivity contribution >= 4 is 11.3 Å². The van der Waals surface area contributed by atoms with E-state index < -0.39 is 0 Å². The van der Waals surface area contributed by atoms with E-state index in [1.54, 1.807) is 11.3 Å². The zero-order valence-corrected chi connectivity index (χ0v) is 11.8. The van der Waals surface area contributed by atoms with Crippen LogP contribution in [-0.4, -0.2) is 9.97 Å². The predicted molar refractivity (Wildman–Crippen MR) is 81.5 cm³/mol. The molecule has 4 heteroatoms. The van der Waals surface area contributed by atoms with Crippen molar-refractivity contribution in [2.24, 2.45) is 0 Å². The third-order valence-corrected chi connectivity index (χ3v) is 3.84. The number of aromatic nitrogens is 2. The Balaban J connectivity index is 1.84. The van der Waals surface area contributed by atoms with Gasteiger partial charge in [0.15, 0.2) is 0 Å². The number of nitrogens with zero attached hydrogens (tertiary/aromatic N) is 2. The molecule has 0 aliphatic heterocycles. The standard InChI is InChI=1S/C16H15N3S/c1-2-6-13(7-3-1)16(14-8-4-5-9-17-14)19-12-15-18-10-11-20-15/h1-11,16,19H,12H2. The number of benzene rings is 1. The van der Waals surface area contributed by atoms with Gasteiger partial charge in [-0.1, -0.05) is 36.4 Å². The molecule has 0 spiro atoms. The SMILES string of the molecule is c1ccc(C(NCc2nccs2)c2ccccn2)cc1. The zero-order valence-electron chi connectivity index (χ0n) is 10.9. The van der Waals surface area contributed by atoms with E-state index in [0.717, 1.165) is 17.2 Å². The summed E-state index contributed by atoms with van der Waals surface area (Å²) in [5, 5.41) is 6.62. The molecule has 0 fully saturated rings. The Bertz CT molecular complexity index is 584. The van der Waals surface area contributed by atoms with Crippen molar-refractivity contribution in [3.63, 3.8) is 0 Å². The van der Waals surface area contributed by atoms with E-state index in [9.17, 15) is 0 Å². The highest BCUT2D eigenvalue weighted by atomic mass is 32.1. The Morgan fingerprint density at radius 3 is 2.50 bits per heavy atom. The van der Waals surface area contributed by atoms with Gasteiger partial charge < -0.3 is 0 Å². The lowest BCUT2D eigenvalue weighted by atomic mass is 10.0. The fourth-order valence-corrected chi connectivity index (χ4v) is 2.68. The van der Waals surface area contributed by atoms with E-state index in [-0.39, 0.29) is 6.04 Å². The van der Waals surface area contributed by atoms with Crippen LogP contribution in [0.3, 0.4) is 0 Å². The van der Waals surface area contributed by atoms with Crippen molar-refractivity contribution in [3.8, 4) is 0 Å². The first-order valence-electron chi connectivity index (χ1n) is 6.51. The minimum atomic E-state index is 0.0845. The summed E-state index contributed by atoms with van der Waals surface area (Å²) >= 11 is 1.66. The molecule has 0 aliphatic carbocycles. The molecule has 1 N–H and O–H groups in total. The van der Waals surface area contributed by atoms with Crippen LogP contribution in [-0.2, 0) is 6.54 Å². The van der Waals surface area contributed by atoms with Crippen molar-refractivity contribution in [2.45, 2.75) is 12.6 Å². The minimum absolute atomic E-state index is 0.0845. The van der Waals surface area contributed by atoms with Gasteiger partial charge in [0.25, 0.3) is 0 Å². The first kappa shape index (κ1) is 13.0. The highest BCUT2D eigenvalue weighted by Crippen LogP contribution is 2.20. The number of hydrogen-bond donors (Lipinski definition) is 1. The summed E-state index contributed by atoms with van der Waals surface area (Å²) in [6.07, 6.45) is 3.66. The summed E-state index contributed by atoms with van der Waals surface area (Å²) in [5.74, 6) is 0. The molecule has 0 aliphatic rings. The van der Waals surface area contributed by atoms with Crippen molar-refractivity contribution in [1.29, 1.82) is 0 Å². The minimum Gasteiger partial charge on any atom is -0.298 e. The highest BCUT2D eigenvalue weighted by Gasteiger charge is 2.14. The molecule has 3 aromatic rings. The molecule has 1 atom stereocenters. The van der Waals surface area contributed by atoms with Crippen LogP contribution in [0.5, 0.6) is 0 Å². The molecule has 0 saturated heterocycles. The summed E-state index contributed by atoms with van der Waals surface area (Å²) in [4.78, 5) is 8.79. The fourth-order valence-electron chi connectivity index (χ4n) is 2.12. The van der Waals surface area contributed by atoms with Gasteiger partial charge in [-0.15, -0.1) is 11.3 Å². The molecule has 2 aromatic heterocycles. The second kappa shape index (κ2) is 6.41. The summed E-state index contributed by atoms with van der Waals surface area (Å²) in [6, 6.07) is 16.5. The van der Waals surface area contributed by atoms with Crippen LogP contribution in [0.15, 0.2) is 66.3 Å². The van der Waals surface area contributed by atoms with Crippen LogP contribution in [0.1, 0.15) is 22.3 Å². The second-order valence-electron chi connectivity index (χ2n) is 4.41. The smallest absolute Gasteiger partial charge is 0.106 e. The van der Waals surface area contributed by atoms with Gasteiger partial charge in [0.05, 0.1) is 11.7 Å². The van der Waals surface area contributed by atoms with Crippen LogP contribution >= 0.6 is 11.3 Å². The molecular formula is C16H15N3S. The van der Waals surface area contributed by atoms with Gasteiger partial charge in [0.2, 0.25) is 0 Å². The van der Waals surface area contributed by atoms with Gasteiger partial charge in [-0.3, -0.25) is 10.3 Å². The van der Waals surface area contributed by atoms with Crippen LogP contribution in [0.4, 0.5) is 0 Å². The molecule has 0 bridgehead atoms. The zero-order chi connectivity index (χ0) is 13.6. The number of hydrogen-bond acceptors (Lipinski definition) is 4. The molecule has 3 rings (SSSR count). The average molecular weight is 281 g/mol. The lowest BCUT2D eigenvalue weighted by molar-refractivity contribution is 0.590.